The van der Waals surface area contributed by atoms with Crippen LogP contribution in [0, 0.1) is 6.92 Å². The van der Waals surface area contributed by atoms with Gasteiger partial charge in [-0.25, -0.2) is 0 Å². The van der Waals surface area contributed by atoms with E-state index in [1.54, 1.807) is 19.9 Å². The van der Waals surface area contributed by atoms with E-state index in [2.05, 4.69) is 10.5 Å². The van der Waals surface area contributed by atoms with E-state index >= 15 is 0 Å². The molecule has 0 aromatic heterocycles. The lowest BCUT2D eigenvalue weighted by Gasteiger charge is -2.24. The third-order valence-electron chi connectivity index (χ3n) is 2.85. The summed E-state index contributed by atoms with van der Waals surface area (Å²) in [4.78, 5) is 12.1. The molecule has 5 heteroatoms. The van der Waals surface area contributed by atoms with Gasteiger partial charge >= 0.3 is 0 Å². The highest BCUT2D eigenvalue weighted by molar-refractivity contribution is 6.01. The summed E-state index contributed by atoms with van der Waals surface area (Å²) >= 11 is 0. The van der Waals surface area contributed by atoms with E-state index in [1.807, 2.05) is 39.8 Å². The SMILES string of the molecule is C/C(=N\O)c1cc(C)ccc1OC(C)C(=O)NC(C)(C)C. The number of hydrogen-bond acceptors (Lipinski definition) is 4. The Labute approximate surface area is 126 Å². The van der Waals surface area contributed by atoms with Crippen molar-refractivity contribution in [1.82, 2.24) is 5.32 Å². The number of ether oxygens (including phenoxy) is 1. The minimum atomic E-state index is -0.642. The van der Waals surface area contributed by atoms with Crippen LogP contribution in [0.1, 0.15) is 45.7 Å². The van der Waals surface area contributed by atoms with Crippen molar-refractivity contribution in [1.29, 1.82) is 0 Å². The fraction of sp³-hybridized carbons (Fsp3) is 0.500. The average molecular weight is 292 g/mol. The Morgan fingerprint density at radius 1 is 1.38 bits per heavy atom. The summed E-state index contributed by atoms with van der Waals surface area (Å²) in [6, 6.07) is 5.52. The first-order valence-electron chi connectivity index (χ1n) is 6.92. The van der Waals surface area contributed by atoms with Crippen molar-refractivity contribution in [3.63, 3.8) is 0 Å². The van der Waals surface area contributed by atoms with Gasteiger partial charge in [-0.3, -0.25) is 4.79 Å². The van der Waals surface area contributed by atoms with Crippen molar-refractivity contribution in [2.24, 2.45) is 5.16 Å². The van der Waals surface area contributed by atoms with Crippen LogP contribution in [0.2, 0.25) is 0 Å². The molecule has 0 aliphatic heterocycles. The fourth-order valence-electron chi connectivity index (χ4n) is 1.80. The number of nitrogens with zero attached hydrogens (tertiary/aromatic N) is 1. The van der Waals surface area contributed by atoms with E-state index in [1.165, 1.54) is 0 Å². The maximum atomic E-state index is 12.1. The molecular weight excluding hydrogens is 268 g/mol. The maximum Gasteiger partial charge on any atom is 0.261 e. The molecule has 0 fully saturated rings. The van der Waals surface area contributed by atoms with Crippen LogP contribution in [0.4, 0.5) is 0 Å². The van der Waals surface area contributed by atoms with Gasteiger partial charge in [-0.15, -0.1) is 0 Å². The van der Waals surface area contributed by atoms with Gasteiger partial charge in [0.1, 0.15) is 5.75 Å². The molecule has 1 aromatic carbocycles. The van der Waals surface area contributed by atoms with Crippen molar-refractivity contribution in [2.75, 3.05) is 0 Å². The van der Waals surface area contributed by atoms with Crippen molar-refractivity contribution >= 4 is 11.6 Å². The predicted octanol–water partition coefficient (Wildman–Crippen LogP) is 2.88. The van der Waals surface area contributed by atoms with Crippen LogP contribution in [-0.2, 0) is 4.79 Å². The number of oxime groups is 1. The summed E-state index contributed by atoms with van der Waals surface area (Å²) in [5.41, 5.74) is 1.82. The van der Waals surface area contributed by atoms with Crippen molar-refractivity contribution < 1.29 is 14.7 Å². The zero-order chi connectivity index (χ0) is 16.2. The number of hydrogen-bond donors (Lipinski definition) is 2. The summed E-state index contributed by atoms with van der Waals surface area (Å²) in [5, 5.41) is 15.0. The number of carbonyl (C=O) groups is 1. The number of benzene rings is 1. The van der Waals surface area contributed by atoms with Crippen molar-refractivity contribution in [3.05, 3.63) is 29.3 Å². The molecule has 0 saturated carbocycles. The number of carbonyl (C=O) groups excluding carboxylic acids is 1. The Morgan fingerprint density at radius 3 is 2.52 bits per heavy atom. The molecule has 0 saturated heterocycles. The van der Waals surface area contributed by atoms with Crippen molar-refractivity contribution in [3.8, 4) is 5.75 Å². The molecule has 0 heterocycles. The van der Waals surface area contributed by atoms with Gasteiger partial charge in [-0.2, -0.15) is 0 Å². The summed E-state index contributed by atoms with van der Waals surface area (Å²) in [6.45, 7) is 11.1. The molecule has 0 aliphatic rings. The fourth-order valence-corrected chi connectivity index (χ4v) is 1.80. The van der Waals surface area contributed by atoms with Gasteiger partial charge in [0, 0.05) is 11.1 Å². The number of aryl methyl sites for hydroxylation is 1. The molecule has 1 aromatic rings. The first kappa shape index (κ1) is 17.0. The summed E-state index contributed by atoms with van der Waals surface area (Å²) in [7, 11) is 0. The summed E-state index contributed by atoms with van der Waals surface area (Å²) in [5.74, 6) is 0.333. The molecule has 1 amide bonds. The monoisotopic (exact) mass is 292 g/mol. The minimum Gasteiger partial charge on any atom is -0.480 e. The van der Waals surface area contributed by atoms with E-state index in [0.29, 0.717) is 17.0 Å². The first-order chi connectivity index (χ1) is 9.64. The molecule has 1 atom stereocenters. The zero-order valence-electron chi connectivity index (χ0n) is 13.5. The van der Waals surface area contributed by atoms with Crippen LogP contribution in [0.25, 0.3) is 0 Å². The molecule has 0 radical (unpaired) electrons. The highest BCUT2D eigenvalue weighted by Gasteiger charge is 2.21. The highest BCUT2D eigenvalue weighted by atomic mass is 16.5. The van der Waals surface area contributed by atoms with Crippen LogP contribution >= 0.6 is 0 Å². The first-order valence-corrected chi connectivity index (χ1v) is 6.92. The third kappa shape index (κ3) is 5.10. The molecule has 1 unspecified atom stereocenters. The normalized spacial score (nSPS) is 13.7. The molecule has 21 heavy (non-hydrogen) atoms. The van der Waals surface area contributed by atoms with Crippen LogP contribution < -0.4 is 10.1 Å². The Morgan fingerprint density at radius 2 is 2.00 bits per heavy atom. The molecular formula is C16H24N2O3. The predicted molar refractivity (Wildman–Crippen MR) is 83.2 cm³/mol. The van der Waals surface area contributed by atoms with Gasteiger partial charge in [0.05, 0.1) is 5.71 Å². The minimum absolute atomic E-state index is 0.187. The van der Waals surface area contributed by atoms with E-state index in [9.17, 15) is 4.79 Å². The molecule has 2 N–H and O–H groups in total. The number of rotatable bonds is 4. The second-order valence-electron chi connectivity index (χ2n) is 6.18. The highest BCUT2D eigenvalue weighted by Crippen LogP contribution is 2.22. The molecule has 0 aliphatic carbocycles. The van der Waals surface area contributed by atoms with Gasteiger partial charge in [0.15, 0.2) is 6.10 Å². The second kappa shape index (κ2) is 6.61. The summed E-state index contributed by atoms with van der Waals surface area (Å²) < 4.78 is 5.73. The lowest BCUT2D eigenvalue weighted by atomic mass is 10.1. The molecule has 0 spiro atoms. The number of nitrogens with one attached hydrogen (secondary N) is 1. The Bertz CT molecular complexity index is 545. The Balaban J connectivity index is 2.95. The average Bonchev–Trinajstić information content (AvgIpc) is 2.37. The molecule has 5 nitrogen and oxygen atoms in total. The molecule has 0 bridgehead atoms. The van der Waals surface area contributed by atoms with Crippen LogP contribution in [-0.4, -0.2) is 28.5 Å². The van der Waals surface area contributed by atoms with Gasteiger partial charge < -0.3 is 15.3 Å². The zero-order valence-corrected chi connectivity index (χ0v) is 13.5. The lowest BCUT2D eigenvalue weighted by molar-refractivity contribution is -0.128. The molecule has 1 rings (SSSR count). The van der Waals surface area contributed by atoms with Crippen LogP contribution in [0.15, 0.2) is 23.4 Å². The van der Waals surface area contributed by atoms with Gasteiger partial charge in [0.2, 0.25) is 0 Å². The smallest absolute Gasteiger partial charge is 0.261 e. The van der Waals surface area contributed by atoms with E-state index < -0.39 is 6.10 Å². The van der Waals surface area contributed by atoms with Crippen molar-refractivity contribution in [2.45, 2.75) is 53.2 Å². The van der Waals surface area contributed by atoms with Gasteiger partial charge in [-0.05, 0) is 53.7 Å². The van der Waals surface area contributed by atoms with Gasteiger partial charge in [0.25, 0.3) is 5.91 Å². The summed E-state index contributed by atoms with van der Waals surface area (Å²) in [6.07, 6.45) is -0.642. The quantitative estimate of drug-likeness (QED) is 0.509. The molecule has 116 valence electrons. The largest absolute Gasteiger partial charge is 0.480 e. The Kier molecular flexibility index (Phi) is 5.35. The second-order valence-corrected chi connectivity index (χ2v) is 6.18. The van der Waals surface area contributed by atoms with Gasteiger partial charge in [-0.1, -0.05) is 16.8 Å². The Hall–Kier alpha value is -2.04. The topological polar surface area (TPSA) is 70.9 Å². The standard InChI is InChI=1S/C16H24N2O3/c1-10-7-8-14(13(9-10)11(2)18-20)21-12(3)15(19)17-16(4,5)6/h7-9,12,20H,1-6H3,(H,17,19)/b18-11+. The van der Waals surface area contributed by atoms with Crippen LogP contribution in [0.5, 0.6) is 5.75 Å². The maximum absolute atomic E-state index is 12.1. The van der Waals surface area contributed by atoms with E-state index in [-0.39, 0.29) is 11.4 Å². The number of amides is 1. The van der Waals surface area contributed by atoms with Crippen LogP contribution in [0.3, 0.4) is 0 Å². The van der Waals surface area contributed by atoms with E-state index in [4.69, 9.17) is 9.94 Å². The lowest BCUT2D eigenvalue weighted by Crippen LogP contribution is -2.46. The van der Waals surface area contributed by atoms with E-state index in [0.717, 1.165) is 5.56 Å². The third-order valence-corrected chi connectivity index (χ3v) is 2.85.